The normalized spacial score (nSPS) is 13.5. The van der Waals surface area contributed by atoms with Crippen LogP contribution in [-0.2, 0) is 9.59 Å². The van der Waals surface area contributed by atoms with Crippen LogP contribution in [0.3, 0.4) is 0 Å². The standard InChI is InChI=1S/C23H13Cl3FN3O3/c24-14-4-3-7-17(18(14)25)30-22(32)19(26)20(23(30)33)28-13-10-8-12(9-11-13)21(31)29-16-6-2-1-5-15(16)27/h1-11,28H,(H,29,31). The van der Waals surface area contributed by atoms with Crippen LogP contribution in [0.15, 0.2) is 77.5 Å². The number of nitrogens with one attached hydrogen (secondary N) is 2. The largest absolute Gasteiger partial charge is 0.350 e. The summed E-state index contributed by atoms with van der Waals surface area (Å²) >= 11 is 18.3. The van der Waals surface area contributed by atoms with E-state index in [1.807, 2.05) is 0 Å². The molecule has 1 aliphatic rings. The minimum atomic E-state index is -0.755. The van der Waals surface area contributed by atoms with Crippen molar-refractivity contribution in [2.75, 3.05) is 15.5 Å². The Morgan fingerprint density at radius 3 is 2.24 bits per heavy atom. The van der Waals surface area contributed by atoms with Gasteiger partial charge in [-0.25, -0.2) is 9.29 Å². The monoisotopic (exact) mass is 503 g/mol. The molecule has 0 aliphatic carbocycles. The van der Waals surface area contributed by atoms with Crippen LogP contribution in [0.2, 0.25) is 10.0 Å². The number of amides is 3. The first-order chi connectivity index (χ1) is 15.8. The van der Waals surface area contributed by atoms with E-state index in [2.05, 4.69) is 10.6 Å². The van der Waals surface area contributed by atoms with Gasteiger partial charge in [0.25, 0.3) is 17.7 Å². The Balaban J connectivity index is 1.51. The Bertz CT molecular complexity index is 1330. The molecule has 3 amide bonds. The van der Waals surface area contributed by atoms with E-state index >= 15 is 0 Å². The molecule has 0 atom stereocenters. The van der Waals surface area contributed by atoms with Crippen LogP contribution in [0.25, 0.3) is 0 Å². The minimum absolute atomic E-state index is 0.0387. The molecule has 6 nitrogen and oxygen atoms in total. The zero-order chi connectivity index (χ0) is 23.7. The predicted octanol–water partition coefficient (Wildman–Crippen LogP) is 5.82. The van der Waals surface area contributed by atoms with Crippen LogP contribution in [0.4, 0.5) is 21.5 Å². The van der Waals surface area contributed by atoms with Gasteiger partial charge in [-0.3, -0.25) is 14.4 Å². The Morgan fingerprint density at radius 1 is 0.848 bits per heavy atom. The number of rotatable bonds is 5. The quantitative estimate of drug-likeness (QED) is 0.429. The van der Waals surface area contributed by atoms with Gasteiger partial charge in [0.15, 0.2) is 0 Å². The molecular formula is C23H13Cl3FN3O3. The molecule has 0 spiro atoms. The van der Waals surface area contributed by atoms with Crippen LogP contribution < -0.4 is 15.5 Å². The fraction of sp³-hybridized carbons (Fsp3) is 0. The average molecular weight is 505 g/mol. The molecule has 33 heavy (non-hydrogen) atoms. The molecule has 0 fully saturated rings. The molecule has 1 heterocycles. The molecule has 0 aromatic heterocycles. The molecule has 3 aromatic rings. The molecule has 1 aliphatic heterocycles. The third kappa shape index (κ3) is 4.43. The number of imide groups is 1. The van der Waals surface area contributed by atoms with Gasteiger partial charge in [-0.15, -0.1) is 0 Å². The second kappa shape index (κ2) is 9.23. The molecule has 0 bridgehead atoms. The fourth-order valence-corrected chi connectivity index (χ4v) is 3.69. The summed E-state index contributed by atoms with van der Waals surface area (Å²) < 4.78 is 13.7. The van der Waals surface area contributed by atoms with Gasteiger partial charge >= 0.3 is 0 Å². The number of halogens is 4. The summed E-state index contributed by atoms with van der Waals surface area (Å²) in [5.41, 5.74) is 0.655. The third-order valence-electron chi connectivity index (χ3n) is 4.74. The zero-order valence-corrected chi connectivity index (χ0v) is 18.8. The van der Waals surface area contributed by atoms with E-state index < -0.39 is 23.5 Å². The molecule has 2 N–H and O–H groups in total. The summed E-state index contributed by atoms with van der Waals surface area (Å²) in [4.78, 5) is 38.7. The van der Waals surface area contributed by atoms with Gasteiger partial charge < -0.3 is 10.6 Å². The lowest BCUT2D eigenvalue weighted by Gasteiger charge is -2.17. The summed E-state index contributed by atoms with van der Waals surface area (Å²) in [7, 11) is 0. The van der Waals surface area contributed by atoms with Crippen LogP contribution in [0.1, 0.15) is 10.4 Å². The van der Waals surface area contributed by atoms with Crippen LogP contribution in [-0.4, -0.2) is 17.7 Å². The van der Waals surface area contributed by atoms with Gasteiger partial charge in [0.05, 0.1) is 21.4 Å². The van der Waals surface area contributed by atoms with Crippen molar-refractivity contribution in [2.45, 2.75) is 0 Å². The van der Waals surface area contributed by atoms with E-state index in [-0.39, 0.29) is 37.7 Å². The number of hydrogen-bond acceptors (Lipinski definition) is 4. The maximum absolute atomic E-state index is 13.7. The van der Waals surface area contributed by atoms with E-state index in [1.54, 1.807) is 12.1 Å². The first-order valence-electron chi connectivity index (χ1n) is 9.43. The molecule has 0 saturated heterocycles. The molecule has 0 unspecified atom stereocenters. The van der Waals surface area contributed by atoms with Crippen molar-refractivity contribution in [2.24, 2.45) is 0 Å². The number of carbonyl (C=O) groups excluding carboxylic acids is 3. The maximum Gasteiger partial charge on any atom is 0.283 e. The molecule has 3 aromatic carbocycles. The maximum atomic E-state index is 13.7. The van der Waals surface area contributed by atoms with Crippen molar-refractivity contribution < 1.29 is 18.8 Å². The first kappa shape index (κ1) is 22.8. The molecule has 10 heteroatoms. The van der Waals surface area contributed by atoms with Crippen molar-refractivity contribution in [3.63, 3.8) is 0 Å². The highest BCUT2D eigenvalue weighted by atomic mass is 35.5. The fourth-order valence-electron chi connectivity index (χ4n) is 3.10. The van der Waals surface area contributed by atoms with E-state index in [0.29, 0.717) is 5.69 Å². The van der Waals surface area contributed by atoms with E-state index in [9.17, 15) is 18.8 Å². The van der Waals surface area contributed by atoms with E-state index in [1.165, 1.54) is 54.6 Å². The first-order valence-corrected chi connectivity index (χ1v) is 10.6. The summed E-state index contributed by atoms with van der Waals surface area (Å²) in [6.07, 6.45) is 0. The Labute approximate surface area is 202 Å². The van der Waals surface area contributed by atoms with E-state index in [4.69, 9.17) is 34.8 Å². The lowest BCUT2D eigenvalue weighted by molar-refractivity contribution is -0.120. The lowest BCUT2D eigenvalue weighted by Crippen LogP contribution is -2.32. The van der Waals surface area contributed by atoms with Gasteiger partial charge in [-0.05, 0) is 48.5 Å². The van der Waals surface area contributed by atoms with Crippen molar-refractivity contribution in [3.05, 3.63) is 98.9 Å². The molecule has 166 valence electrons. The van der Waals surface area contributed by atoms with Crippen LogP contribution >= 0.6 is 34.8 Å². The lowest BCUT2D eigenvalue weighted by atomic mass is 10.2. The van der Waals surface area contributed by atoms with Crippen molar-refractivity contribution >= 4 is 69.6 Å². The second-order valence-corrected chi connectivity index (χ2v) is 8.01. The number of benzene rings is 3. The molecular weight excluding hydrogens is 492 g/mol. The zero-order valence-electron chi connectivity index (χ0n) is 16.5. The smallest absolute Gasteiger partial charge is 0.283 e. The summed E-state index contributed by atoms with van der Waals surface area (Å²) in [5.74, 6) is -2.54. The number of anilines is 3. The molecule has 4 rings (SSSR count). The number of hydrogen-bond donors (Lipinski definition) is 2. The SMILES string of the molecule is O=C(Nc1ccccc1F)c1ccc(NC2=C(Cl)C(=O)N(c3cccc(Cl)c3Cl)C2=O)cc1. The Morgan fingerprint density at radius 2 is 1.55 bits per heavy atom. The highest BCUT2D eigenvalue weighted by molar-refractivity contribution is 6.54. The Kier molecular flexibility index (Phi) is 6.37. The van der Waals surface area contributed by atoms with Gasteiger partial charge in [0.2, 0.25) is 0 Å². The van der Waals surface area contributed by atoms with Gasteiger partial charge in [-0.2, -0.15) is 0 Å². The van der Waals surface area contributed by atoms with Gasteiger partial charge in [-0.1, -0.05) is 53.0 Å². The van der Waals surface area contributed by atoms with Crippen molar-refractivity contribution in [1.29, 1.82) is 0 Å². The minimum Gasteiger partial charge on any atom is -0.350 e. The number of para-hydroxylation sites is 1. The summed E-state index contributed by atoms with van der Waals surface area (Å²) in [5, 5.41) is 5.17. The Hall–Kier alpha value is -3.39. The van der Waals surface area contributed by atoms with Crippen LogP contribution in [0, 0.1) is 5.82 Å². The van der Waals surface area contributed by atoms with Crippen LogP contribution in [0.5, 0.6) is 0 Å². The topological polar surface area (TPSA) is 78.5 Å². The molecule has 0 saturated carbocycles. The predicted molar refractivity (Wildman–Crippen MR) is 126 cm³/mol. The van der Waals surface area contributed by atoms with Crippen molar-refractivity contribution in [3.8, 4) is 0 Å². The van der Waals surface area contributed by atoms with Gasteiger partial charge in [0.1, 0.15) is 16.5 Å². The summed E-state index contributed by atoms with van der Waals surface area (Å²) in [6, 6.07) is 16.3. The van der Waals surface area contributed by atoms with E-state index in [0.717, 1.165) is 4.90 Å². The van der Waals surface area contributed by atoms with Gasteiger partial charge in [0, 0.05) is 11.3 Å². The highest BCUT2D eigenvalue weighted by Crippen LogP contribution is 2.37. The highest BCUT2D eigenvalue weighted by Gasteiger charge is 2.40. The third-order valence-corrected chi connectivity index (χ3v) is 5.90. The number of carbonyl (C=O) groups is 3. The molecule has 0 radical (unpaired) electrons. The van der Waals surface area contributed by atoms with Crippen molar-refractivity contribution in [1.82, 2.24) is 0 Å². The summed E-state index contributed by atoms with van der Waals surface area (Å²) in [6.45, 7) is 0. The second-order valence-electron chi connectivity index (χ2n) is 6.84. The average Bonchev–Trinajstić information content (AvgIpc) is 3.01. The number of nitrogens with zero attached hydrogens (tertiary/aromatic N) is 1.